The van der Waals surface area contributed by atoms with Crippen molar-refractivity contribution in [2.75, 3.05) is 11.9 Å². The smallest absolute Gasteiger partial charge is 0.322 e. The van der Waals surface area contributed by atoms with Gasteiger partial charge in [-0.25, -0.2) is 4.79 Å². The monoisotopic (exact) mass is 325 g/mol. The molecule has 0 aliphatic carbocycles. The minimum absolute atomic E-state index is 0. The summed E-state index contributed by atoms with van der Waals surface area (Å²) >= 11 is 0. The van der Waals surface area contributed by atoms with Crippen LogP contribution in [-0.2, 0) is 0 Å². The minimum atomic E-state index is -0.00905. The number of carbonyl (C=O) groups excluding carboxylic acids is 1. The number of pyridine rings is 1. The molecule has 1 aromatic heterocycles. The second-order valence-corrected chi connectivity index (χ2v) is 6.85. The second kappa shape index (κ2) is 7.04. The van der Waals surface area contributed by atoms with E-state index in [9.17, 15) is 4.79 Å². The van der Waals surface area contributed by atoms with Gasteiger partial charge in [0.25, 0.3) is 0 Å². The van der Waals surface area contributed by atoms with E-state index in [4.69, 9.17) is 0 Å². The van der Waals surface area contributed by atoms with E-state index in [2.05, 4.69) is 31.1 Å². The fourth-order valence-corrected chi connectivity index (χ4v) is 3.40. The van der Waals surface area contributed by atoms with Crippen molar-refractivity contribution in [1.82, 2.24) is 9.88 Å². The van der Waals surface area contributed by atoms with Crippen LogP contribution in [0.1, 0.15) is 33.7 Å². The van der Waals surface area contributed by atoms with E-state index in [1.54, 1.807) is 6.20 Å². The van der Waals surface area contributed by atoms with E-state index >= 15 is 0 Å². The van der Waals surface area contributed by atoms with Crippen molar-refractivity contribution in [2.24, 2.45) is 5.92 Å². The predicted molar refractivity (Wildman–Crippen MR) is 100 cm³/mol. The molecule has 4 nitrogen and oxygen atoms in total. The number of carbonyl (C=O) groups is 1. The third kappa shape index (κ3) is 3.58. The highest BCUT2D eigenvalue weighted by Gasteiger charge is 2.26. The number of rotatable bonds is 2. The van der Waals surface area contributed by atoms with Crippen molar-refractivity contribution in [3.8, 4) is 11.3 Å². The molecule has 0 radical (unpaired) electrons. The summed E-state index contributed by atoms with van der Waals surface area (Å²) < 4.78 is 0. The molecule has 2 amide bonds. The Morgan fingerprint density at radius 1 is 1.29 bits per heavy atom. The molecular weight excluding hydrogens is 298 g/mol. The lowest BCUT2D eigenvalue weighted by atomic mass is 9.94. The predicted octanol–water partition coefficient (Wildman–Crippen LogP) is 4.96. The zero-order chi connectivity index (χ0) is 17.1. The van der Waals surface area contributed by atoms with Crippen molar-refractivity contribution in [3.05, 3.63) is 48.2 Å². The molecule has 0 bridgehead atoms. The minimum Gasteiger partial charge on any atom is -0.322 e. The number of likely N-dealkylation sites (tertiary alicyclic amines) is 1. The van der Waals surface area contributed by atoms with Gasteiger partial charge in [-0.05, 0) is 62.4 Å². The van der Waals surface area contributed by atoms with E-state index < -0.39 is 0 Å². The highest BCUT2D eigenvalue weighted by Crippen LogP contribution is 2.26. The molecule has 3 rings (SSSR count). The Kier molecular flexibility index (Phi) is 4.84. The zero-order valence-corrected chi connectivity index (χ0v) is 14.6. The van der Waals surface area contributed by atoms with Crippen LogP contribution in [-0.4, -0.2) is 28.5 Å². The lowest BCUT2D eigenvalue weighted by molar-refractivity contribution is 0.150. The number of piperidine rings is 1. The van der Waals surface area contributed by atoms with Crippen LogP contribution in [0.3, 0.4) is 0 Å². The Bertz CT molecular complexity index is 720. The Hall–Kier alpha value is -2.36. The molecular formula is C20H27N3O. The van der Waals surface area contributed by atoms with Crippen LogP contribution in [0.4, 0.5) is 10.5 Å². The molecule has 24 heavy (non-hydrogen) atoms. The molecule has 1 aromatic carbocycles. The first-order valence-corrected chi connectivity index (χ1v) is 8.64. The number of benzene rings is 1. The molecule has 2 aromatic rings. The van der Waals surface area contributed by atoms with E-state index in [0.29, 0.717) is 5.92 Å². The Labute approximate surface area is 145 Å². The maximum atomic E-state index is 12.6. The number of hydrogen-bond donors (Lipinski definition) is 1. The normalized spacial score (nSPS) is 20.7. The Balaban J connectivity index is 0.00000225. The SMILES string of the molecule is Cc1ccc(NC(=O)N2CC[C@@H](C)CC2C)cc1-c1ccccn1.[HH]. The maximum Gasteiger partial charge on any atom is 0.322 e. The highest BCUT2D eigenvalue weighted by molar-refractivity contribution is 5.90. The molecule has 2 atom stereocenters. The van der Waals surface area contributed by atoms with Crippen LogP contribution in [0, 0.1) is 12.8 Å². The van der Waals surface area contributed by atoms with Gasteiger partial charge < -0.3 is 10.2 Å². The van der Waals surface area contributed by atoms with Gasteiger partial charge in [0.05, 0.1) is 5.69 Å². The number of nitrogens with one attached hydrogen (secondary N) is 1. The highest BCUT2D eigenvalue weighted by atomic mass is 16.2. The number of aryl methyl sites for hydroxylation is 1. The van der Waals surface area contributed by atoms with Crippen LogP contribution in [0.5, 0.6) is 0 Å². The van der Waals surface area contributed by atoms with Gasteiger partial charge in [-0.15, -0.1) is 0 Å². The van der Waals surface area contributed by atoms with Crippen molar-refractivity contribution in [1.29, 1.82) is 0 Å². The molecule has 1 aliphatic rings. The molecule has 128 valence electrons. The quantitative estimate of drug-likeness (QED) is 0.848. The Morgan fingerprint density at radius 3 is 2.83 bits per heavy atom. The summed E-state index contributed by atoms with van der Waals surface area (Å²) in [5.41, 5.74) is 3.93. The van der Waals surface area contributed by atoms with Gasteiger partial charge in [-0.1, -0.05) is 19.1 Å². The van der Waals surface area contributed by atoms with Crippen LogP contribution in [0.25, 0.3) is 11.3 Å². The number of nitrogens with zero attached hydrogens (tertiary/aromatic N) is 2. The van der Waals surface area contributed by atoms with Crippen LogP contribution >= 0.6 is 0 Å². The van der Waals surface area contributed by atoms with Gasteiger partial charge in [-0.2, -0.15) is 0 Å². The third-order valence-corrected chi connectivity index (χ3v) is 4.83. The van der Waals surface area contributed by atoms with Crippen molar-refractivity contribution in [2.45, 2.75) is 39.7 Å². The molecule has 1 N–H and O–H groups in total. The van der Waals surface area contributed by atoms with Crippen molar-refractivity contribution < 1.29 is 6.22 Å². The summed E-state index contributed by atoms with van der Waals surface area (Å²) in [6.07, 6.45) is 3.93. The molecule has 1 fully saturated rings. The summed E-state index contributed by atoms with van der Waals surface area (Å²) in [4.78, 5) is 19.0. The topological polar surface area (TPSA) is 45.2 Å². The van der Waals surface area contributed by atoms with Gasteiger partial charge in [0.1, 0.15) is 0 Å². The van der Waals surface area contributed by atoms with E-state index in [1.165, 1.54) is 0 Å². The largest absolute Gasteiger partial charge is 0.322 e. The summed E-state index contributed by atoms with van der Waals surface area (Å²) in [6.45, 7) is 7.27. The van der Waals surface area contributed by atoms with E-state index in [1.807, 2.05) is 41.3 Å². The average Bonchev–Trinajstić information content (AvgIpc) is 2.57. The summed E-state index contributed by atoms with van der Waals surface area (Å²) in [5.74, 6) is 0.694. The number of anilines is 1. The van der Waals surface area contributed by atoms with Gasteiger partial charge in [-0.3, -0.25) is 4.98 Å². The van der Waals surface area contributed by atoms with Crippen molar-refractivity contribution >= 4 is 11.7 Å². The standard InChI is InChI=1S/C20H25N3O.H2/c1-14-9-11-23(16(3)12-14)20(24)22-17-8-7-15(2)18(13-17)19-6-4-5-10-21-19;/h4-8,10,13-14,16H,9,11-12H2,1-3H3,(H,22,24);1H/t14-,16?;/m1./s1. The number of aromatic nitrogens is 1. The molecule has 1 saturated heterocycles. The number of urea groups is 1. The van der Waals surface area contributed by atoms with Gasteiger partial charge in [0, 0.05) is 31.5 Å². The summed E-state index contributed by atoms with van der Waals surface area (Å²) in [7, 11) is 0. The lowest BCUT2D eigenvalue weighted by Gasteiger charge is -2.36. The second-order valence-electron chi connectivity index (χ2n) is 6.85. The molecule has 2 heterocycles. The third-order valence-electron chi connectivity index (χ3n) is 4.83. The summed E-state index contributed by atoms with van der Waals surface area (Å²) in [6, 6.07) is 12.1. The van der Waals surface area contributed by atoms with Crippen LogP contribution in [0.15, 0.2) is 42.6 Å². The van der Waals surface area contributed by atoms with Gasteiger partial charge in [0.15, 0.2) is 0 Å². The summed E-state index contributed by atoms with van der Waals surface area (Å²) in [5, 5.41) is 3.05. The fourth-order valence-electron chi connectivity index (χ4n) is 3.40. The first kappa shape index (κ1) is 16.5. The molecule has 1 aliphatic heterocycles. The molecule has 0 spiro atoms. The first-order chi connectivity index (χ1) is 11.5. The van der Waals surface area contributed by atoms with Gasteiger partial charge in [0.2, 0.25) is 0 Å². The number of hydrogen-bond acceptors (Lipinski definition) is 2. The maximum absolute atomic E-state index is 12.6. The lowest BCUT2D eigenvalue weighted by Crippen LogP contribution is -2.46. The first-order valence-electron chi connectivity index (χ1n) is 8.64. The van der Waals surface area contributed by atoms with Crippen LogP contribution < -0.4 is 5.32 Å². The molecule has 4 heteroatoms. The number of amides is 2. The fraction of sp³-hybridized carbons (Fsp3) is 0.400. The molecule has 1 unspecified atom stereocenters. The van der Waals surface area contributed by atoms with Gasteiger partial charge >= 0.3 is 6.03 Å². The zero-order valence-electron chi connectivity index (χ0n) is 14.6. The van der Waals surface area contributed by atoms with Crippen molar-refractivity contribution in [3.63, 3.8) is 0 Å². The Morgan fingerprint density at radius 2 is 2.12 bits per heavy atom. The van der Waals surface area contributed by atoms with E-state index in [0.717, 1.165) is 41.9 Å². The molecule has 0 saturated carbocycles. The average molecular weight is 325 g/mol. The van der Waals surface area contributed by atoms with E-state index in [-0.39, 0.29) is 13.5 Å². The van der Waals surface area contributed by atoms with Crippen LogP contribution in [0.2, 0.25) is 0 Å².